The predicted octanol–water partition coefficient (Wildman–Crippen LogP) is 5.64. The summed E-state index contributed by atoms with van der Waals surface area (Å²) in [5, 5.41) is 16.6. The van der Waals surface area contributed by atoms with Gasteiger partial charge in [0.05, 0.1) is 6.61 Å². The number of alkyl carbamates (subject to hydrolysis) is 1. The van der Waals surface area contributed by atoms with E-state index in [0.29, 0.717) is 12.3 Å². The van der Waals surface area contributed by atoms with E-state index < -0.39 is 17.7 Å². The number of amides is 1. The van der Waals surface area contributed by atoms with Crippen LogP contribution in [0.3, 0.4) is 0 Å². The number of aromatic carboxylic acids is 1. The van der Waals surface area contributed by atoms with E-state index in [4.69, 9.17) is 14.5 Å². The number of aryl methyl sites for hydroxylation is 3. The summed E-state index contributed by atoms with van der Waals surface area (Å²) in [6.45, 7) is 14.3. The van der Waals surface area contributed by atoms with Gasteiger partial charge in [-0.05, 0) is 63.6 Å². The van der Waals surface area contributed by atoms with Crippen molar-refractivity contribution in [3.63, 3.8) is 0 Å². The number of ether oxygens (including phenoxy) is 2. The molecule has 1 amide bonds. The maximum atomic E-state index is 12.6. The number of nitrogens with one attached hydrogen (secondary N) is 1. The van der Waals surface area contributed by atoms with Crippen molar-refractivity contribution in [1.82, 2.24) is 20.1 Å². The van der Waals surface area contributed by atoms with Crippen LogP contribution in [0, 0.1) is 19.8 Å². The summed E-state index contributed by atoms with van der Waals surface area (Å²) in [4.78, 5) is 29.2. The maximum Gasteiger partial charge on any atom is 0.407 e. The van der Waals surface area contributed by atoms with Gasteiger partial charge in [0.15, 0.2) is 0 Å². The Bertz CT molecular complexity index is 1320. The quantitative estimate of drug-likeness (QED) is 0.344. The van der Waals surface area contributed by atoms with E-state index in [0.717, 1.165) is 45.6 Å². The van der Waals surface area contributed by atoms with Crippen LogP contribution in [0.25, 0.3) is 11.1 Å². The molecule has 0 aliphatic rings. The van der Waals surface area contributed by atoms with Gasteiger partial charge in [0.1, 0.15) is 11.2 Å². The van der Waals surface area contributed by atoms with Gasteiger partial charge in [-0.3, -0.25) is 9.67 Å². The molecule has 3 aromatic rings. The van der Waals surface area contributed by atoms with Gasteiger partial charge in [-0.2, -0.15) is 0 Å². The van der Waals surface area contributed by atoms with Gasteiger partial charge in [-0.15, -0.1) is 5.10 Å². The third-order valence-corrected chi connectivity index (χ3v) is 6.06. The molecule has 2 N–H and O–H groups in total. The summed E-state index contributed by atoms with van der Waals surface area (Å²) < 4.78 is 12.8. The Kier molecular flexibility index (Phi) is 9.37. The molecule has 39 heavy (non-hydrogen) atoms. The minimum Gasteiger partial charge on any atom is -0.477 e. The van der Waals surface area contributed by atoms with E-state index in [1.54, 1.807) is 7.05 Å². The van der Waals surface area contributed by atoms with E-state index >= 15 is 0 Å². The number of carbonyl (C=O) groups is 2. The molecule has 0 fully saturated rings. The molecule has 0 spiro atoms. The fourth-order valence-electron chi connectivity index (χ4n) is 4.41. The second kappa shape index (κ2) is 12.3. The number of rotatable bonds is 10. The molecule has 210 valence electrons. The lowest BCUT2D eigenvalue weighted by Gasteiger charge is -2.23. The van der Waals surface area contributed by atoms with Crippen LogP contribution in [0.5, 0.6) is 5.88 Å². The van der Waals surface area contributed by atoms with Crippen molar-refractivity contribution in [2.75, 3.05) is 6.61 Å². The Morgan fingerprint density at radius 2 is 1.77 bits per heavy atom. The molecule has 0 saturated heterocycles. The minimum absolute atomic E-state index is 0.0145. The van der Waals surface area contributed by atoms with E-state index in [1.165, 1.54) is 10.9 Å². The molecule has 0 aliphatic carbocycles. The number of carbonyl (C=O) groups excluding carboxylic acids is 1. The SMILES string of the molecule is Cc1ccc(-c2c(CCOc3nn(C)cc3C(=O)O)c(C)nc(CC(C)C)c2CNC(=O)OC(C)(C)C)cc1. The first kappa shape index (κ1) is 29.7. The molecule has 2 aromatic heterocycles. The van der Waals surface area contributed by atoms with Gasteiger partial charge in [0, 0.05) is 43.2 Å². The Morgan fingerprint density at radius 3 is 2.36 bits per heavy atom. The van der Waals surface area contributed by atoms with Crippen molar-refractivity contribution in [1.29, 1.82) is 0 Å². The molecule has 0 aliphatic heterocycles. The fourth-order valence-corrected chi connectivity index (χ4v) is 4.41. The highest BCUT2D eigenvalue weighted by Crippen LogP contribution is 2.33. The zero-order valence-corrected chi connectivity index (χ0v) is 24.2. The highest BCUT2D eigenvalue weighted by molar-refractivity contribution is 5.89. The molecule has 3 rings (SSSR count). The van der Waals surface area contributed by atoms with Crippen LogP contribution >= 0.6 is 0 Å². The smallest absolute Gasteiger partial charge is 0.407 e. The van der Waals surface area contributed by atoms with Crippen LogP contribution in [0.4, 0.5) is 4.79 Å². The summed E-state index contributed by atoms with van der Waals surface area (Å²) in [5.41, 5.74) is 6.25. The van der Waals surface area contributed by atoms with Gasteiger partial charge >= 0.3 is 12.1 Å². The first-order valence-electron chi connectivity index (χ1n) is 13.2. The lowest BCUT2D eigenvalue weighted by atomic mass is 9.88. The average Bonchev–Trinajstić information content (AvgIpc) is 3.19. The summed E-state index contributed by atoms with van der Waals surface area (Å²) in [6, 6.07) is 8.27. The lowest BCUT2D eigenvalue weighted by molar-refractivity contribution is 0.0522. The molecule has 0 atom stereocenters. The maximum absolute atomic E-state index is 12.6. The number of aromatic nitrogens is 3. The number of nitrogens with zero attached hydrogens (tertiary/aromatic N) is 3. The number of pyridine rings is 1. The molecule has 0 bridgehead atoms. The van der Waals surface area contributed by atoms with Crippen LogP contribution in [0.15, 0.2) is 30.5 Å². The van der Waals surface area contributed by atoms with Crippen molar-refractivity contribution in [2.45, 2.75) is 73.5 Å². The Balaban J connectivity index is 2.05. The van der Waals surface area contributed by atoms with E-state index in [9.17, 15) is 14.7 Å². The normalized spacial score (nSPS) is 11.5. The van der Waals surface area contributed by atoms with Gasteiger partial charge in [0.25, 0.3) is 0 Å². The van der Waals surface area contributed by atoms with Crippen LogP contribution in [-0.2, 0) is 31.2 Å². The largest absolute Gasteiger partial charge is 0.477 e. The first-order chi connectivity index (χ1) is 18.2. The highest BCUT2D eigenvalue weighted by atomic mass is 16.6. The molecule has 0 radical (unpaired) electrons. The zero-order chi connectivity index (χ0) is 28.9. The lowest BCUT2D eigenvalue weighted by Crippen LogP contribution is -2.32. The van der Waals surface area contributed by atoms with Gasteiger partial charge < -0.3 is 19.9 Å². The first-order valence-corrected chi connectivity index (χ1v) is 13.2. The predicted molar refractivity (Wildman–Crippen MR) is 150 cm³/mol. The Morgan fingerprint density at radius 1 is 1.10 bits per heavy atom. The summed E-state index contributed by atoms with van der Waals surface area (Å²) in [5.74, 6) is -0.656. The van der Waals surface area contributed by atoms with Gasteiger partial charge in [-0.1, -0.05) is 43.7 Å². The molecule has 9 heteroatoms. The third kappa shape index (κ3) is 8.05. The van der Waals surface area contributed by atoms with Crippen LogP contribution in [0.1, 0.15) is 73.1 Å². The standard InChI is InChI=1S/C30H40N4O5/c1-18(2)15-25-23(16-31-29(37)39-30(5,6)7)26(21-11-9-19(3)10-12-21)22(20(4)32-25)13-14-38-27-24(28(35)36)17-34(8)33-27/h9-12,17-18H,13-16H2,1-8H3,(H,31,37)(H,35,36). The Labute approximate surface area is 230 Å². The van der Waals surface area contributed by atoms with Gasteiger partial charge in [0.2, 0.25) is 5.88 Å². The van der Waals surface area contributed by atoms with Crippen LogP contribution in [0.2, 0.25) is 0 Å². The highest BCUT2D eigenvalue weighted by Gasteiger charge is 2.23. The number of benzene rings is 1. The number of hydrogen-bond donors (Lipinski definition) is 2. The molecule has 9 nitrogen and oxygen atoms in total. The molecular formula is C30H40N4O5. The molecule has 0 saturated carbocycles. The van der Waals surface area contributed by atoms with E-state index in [2.05, 4.69) is 48.5 Å². The minimum atomic E-state index is -1.09. The number of carboxylic acid groups (broad SMARTS) is 1. The molecular weight excluding hydrogens is 496 g/mol. The second-order valence-electron chi connectivity index (χ2n) is 11.2. The average molecular weight is 537 g/mol. The molecule has 0 unspecified atom stereocenters. The number of hydrogen-bond acceptors (Lipinski definition) is 6. The summed E-state index contributed by atoms with van der Waals surface area (Å²) >= 11 is 0. The van der Waals surface area contributed by atoms with Gasteiger partial charge in [-0.25, -0.2) is 9.59 Å². The zero-order valence-electron chi connectivity index (χ0n) is 24.2. The van der Waals surface area contributed by atoms with Crippen LogP contribution < -0.4 is 10.1 Å². The molecule has 2 heterocycles. The van der Waals surface area contributed by atoms with E-state index in [1.807, 2.05) is 34.6 Å². The third-order valence-electron chi connectivity index (χ3n) is 6.06. The Hall–Kier alpha value is -3.88. The summed E-state index contributed by atoms with van der Waals surface area (Å²) in [7, 11) is 1.65. The van der Waals surface area contributed by atoms with Crippen molar-refractivity contribution in [3.05, 3.63) is 64.1 Å². The van der Waals surface area contributed by atoms with E-state index in [-0.39, 0.29) is 24.6 Å². The monoisotopic (exact) mass is 536 g/mol. The number of carboxylic acids is 1. The molecule has 1 aromatic carbocycles. The summed E-state index contributed by atoms with van der Waals surface area (Å²) in [6.07, 6.45) is 2.15. The van der Waals surface area contributed by atoms with Crippen molar-refractivity contribution < 1.29 is 24.2 Å². The van der Waals surface area contributed by atoms with Crippen molar-refractivity contribution >= 4 is 12.1 Å². The topological polar surface area (TPSA) is 116 Å². The fraction of sp³-hybridized carbons (Fsp3) is 0.467. The van der Waals surface area contributed by atoms with Crippen LogP contribution in [-0.4, -0.2) is 44.1 Å². The van der Waals surface area contributed by atoms with Crippen molar-refractivity contribution in [2.24, 2.45) is 13.0 Å². The van der Waals surface area contributed by atoms with Crippen molar-refractivity contribution in [3.8, 4) is 17.0 Å². The second-order valence-corrected chi connectivity index (χ2v) is 11.2.